The lowest BCUT2D eigenvalue weighted by Gasteiger charge is -2.06. The molecular formula is C15H24FNOS. The summed E-state index contributed by atoms with van der Waals surface area (Å²) in [6.45, 7) is 11.9. The molecule has 1 aromatic rings. The van der Waals surface area contributed by atoms with Crippen LogP contribution in [0, 0.1) is 12.7 Å². The van der Waals surface area contributed by atoms with Crippen LogP contribution < -0.4 is 0 Å². The third-order valence-electron chi connectivity index (χ3n) is 2.40. The molecule has 0 N–H and O–H groups in total. The number of oxime groups is 1. The van der Waals surface area contributed by atoms with E-state index in [1.807, 2.05) is 47.8 Å². The van der Waals surface area contributed by atoms with Crippen LogP contribution in [0.3, 0.4) is 0 Å². The first-order valence-electron chi connectivity index (χ1n) is 6.60. The molecule has 1 heterocycles. The molecule has 1 aromatic carbocycles. The molecule has 0 unspecified atom stereocenters. The molecule has 4 heteroatoms. The van der Waals surface area contributed by atoms with Crippen molar-refractivity contribution in [3.05, 3.63) is 35.1 Å². The van der Waals surface area contributed by atoms with Crippen molar-refractivity contribution in [1.29, 1.82) is 0 Å². The maximum Gasteiger partial charge on any atom is 0.195 e. The van der Waals surface area contributed by atoms with Crippen LogP contribution >= 0.6 is 10.5 Å². The Bertz CT molecular complexity index is 481. The van der Waals surface area contributed by atoms with Gasteiger partial charge in [0.25, 0.3) is 0 Å². The first-order chi connectivity index (χ1) is 9.09. The van der Waals surface area contributed by atoms with Crippen LogP contribution in [0.15, 0.2) is 23.4 Å². The van der Waals surface area contributed by atoms with E-state index in [9.17, 15) is 4.39 Å². The molecule has 19 heavy (non-hydrogen) atoms. The third kappa shape index (κ3) is 4.46. The second-order valence-electron chi connectivity index (χ2n) is 3.46. The molecule has 1 aliphatic heterocycles. The Kier molecular flexibility index (Phi) is 8.32. The van der Waals surface area contributed by atoms with Crippen LogP contribution in [-0.4, -0.2) is 16.4 Å². The normalized spacial score (nSPS) is 16.5. The highest BCUT2D eigenvalue weighted by atomic mass is 32.2. The zero-order valence-corrected chi connectivity index (χ0v) is 13.7. The Morgan fingerprint density at radius 2 is 1.68 bits per heavy atom. The minimum absolute atomic E-state index is 0.147. The van der Waals surface area contributed by atoms with Crippen LogP contribution in [0.25, 0.3) is 0 Å². The molecule has 0 fully saturated rings. The summed E-state index contributed by atoms with van der Waals surface area (Å²) in [7, 11) is -0.147. The number of benzene rings is 1. The quantitative estimate of drug-likeness (QED) is 0.671. The van der Waals surface area contributed by atoms with E-state index in [-0.39, 0.29) is 16.3 Å². The van der Waals surface area contributed by atoms with E-state index < -0.39 is 0 Å². The van der Waals surface area contributed by atoms with E-state index in [1.54, 1.807) is 6.07 Å². The molecule has 0 aliphatic carbocycles. The number of hydrogen-bond donors (Lipinski definition) is 0. The van der Waals surface area contributed by atoms with Crippen LogP contribution in [0.4, 0.5) is 4.39 Å². The van der Waals surface area contributed by atoms with Crippen molar-refractivity contribution in [3.63, 3.8) is 0 Å². The fourth-order valence-electron chi connectivity index (χ4n) is 1.38. The summed E-state index contributed by atoms with van der Waals surface area (Å²) < 4.78 is 13.1. The van der Waals surface area contributed by atoms with Crippen molar-refractivity contribution < 1.29 is 9.23 Å². The molecule has 0 radical (unpaired) electrons. The summed E-state index contributed by atoms with van der Waals surface area (Å²) in [5.74, 6) is -0.242. The van der Waals surface area contributed by atoms with Gasteiger partial charge in [-0.15, -0.1) is 0 Å². The highest BCUT2D eigenvalue weighted by molar-refractivity contribution is 8.28. The van der Waals surface area contributed by atoms with Crippen molar-refractivity contribution in [2.75, 3.05) is 6.26 Å². The average Bonchev–Trinajstić information content (AvgIpc) is 2.78. The molecule has 0 spiro atoms. The van der Waals surface area contributed by atoms with Crippen molar-refractivity contribution in [2.45, 2.75) is 41.5 Å². The van der Waals surface area contributed by atoms with E-state index in [0.29, 0.717) is 0 Å². The minimum atomic E-state index is -0.242. The maximum absolute atomic E-state index is 13.1. The molecule has 0 saturated heterocycles. The van der Waals surface area contributed by atoms with Gasteiger partial charge < -0.3 is 4.84 Å². The summed E-state index contributed by atoms with van der Waals surface area (Å²) in [6, 6.07) is 4.71. The van der Waals surface area contributed by atoms with Crippen molar-refractivity contribution in [1.82, 2.24) is 0 Å². The summed E-state index contributed by atoms with van der Waals surface area (Å²) in [5, 5.41) is 5.64. The number of halogens is 1. The molecule has 0 saturated carbocycles. The summed E-state index contributed by atoms with van der Waals surface area (Å²) >= 11 is 0. The number of aryl methyl sites for hydroxylation is 1. The van der Waals surface area contributed by atoms with Gasteiger partial charge in [0.05, 0.1) is 0 Å². The third-order valence-corrected chi connectivity index (χ3v) is 4.21. The Morgan fingerprint density at radius 3 is 2.16 bits per heavy atom. The average molecular weight is 285 g/mol. The number of hydrogen-bond acceptors (Lipinski definition) is 2. The molecule has 2 nitrogen and oxygen atoms in total. The van der Waals surface area contributed by atoms with Gasteiger partial charge >= 0.3 is 0 Å². The molecular weight excluding hydrogens is 261 g/mol. The highest BCUT2D eigenvalue weighted by Gasteiger charge is 2.18. The SMILES string of the molecule is CC.CC.CC1=NOC(c2cc(F)ccc2C)=[S@@]1C. The van der Waals surface area contributed by atoms with Crippen LogP contribution in [0.1, 0.15) is 45.7 Å². The van der Waals surface area contributed by atoms with Gasteiger partial charge in [0, 0.05) is 5.56 Å². The fourth-order valence-corrected chi connectivity index (χ4v) is 2.50. The topological polar surface area (TPSA) is 21.6 Å². The smallest absolute Gasteiger partial charge is 0.195 e. The van der Waals surface area contributed by atoms with E-state index in [1.165, 1.54) is 12.1 Å². The monoisotopic (exact) mass is 285 g/mol. The first kappa shape index (κ1) is 17.8. The Hall–Kier alpha value is -1.16. The maximum atomic E-state index is 13.1. The van der Waals surface area contributed by atoms with Gasteiger partial charge in [0.1, 0.15) is 10.9 Å². The van der Waals surface area contributed by atoms with Crippen LogP contribution in [0.2, 0.25) is 0 Å². The second-order valence-corrected chi connectivity index (χ2v) is 5.44. The second kappa shape index (κ2) is 8.86. The van der Waals surface area contributed by atoms with E-state index in [4.69, 9.17) is 4.84 Å². The minimum Gasteiger partial charge on any atom is -0.349 e. The highest BCUT2D eigenvalue weighted by Crippen LogP contribution is 2.26. The number of nitrogens with zero attached hydrogens (tertiary/aromatic N) is 1. The Balaban J connectivity index is 0.000000741. The van der Waals surface area contributed by atoms with Crippen molar-refractivity contribution in [3.8, 4) is 0 Å². The first-order valence-corrected chi connectivity index (χ1v) is 8.24. The molecule has 0 amide bonds. The van der Waals surface area contributed by atoms with Gasteiger partial charge in [-0.3, -0.25) is 0 Å². The van der Waals surface area contributed by atoms with Gasteiger partial charge in [0.2, 0.25) is 0 Å². The molecule has 2 rings (SSSR count). The lowest BCUT2D eigenvalue weighted by Crippen LogP contribution is -2.03. The van der Waals surface area contributed by atoms with Crippen molar-refractivity contribution in [2.24, 2.45) is 5.16 Å². The summed E-state index contributed by atoms with van der Waals surface area (Å²) in [6.07, 6.45) is 2.03. The van der Waals surface area contributed by atoms with Gasteiger partial charge in [0.15, 0.2) is 5.05 Å². The molecule has 108 valence electrons. The van der Waals surface area contributed by atoms with E-state index in [0.717, 1.165) is 21.2 Å². The lowest BCUT2D eigenvalue weighted by atomic mass is 10.1. The van der Waals surface area contributed by atoms with Gasteiger partial charge in [-0.2, -0.15) is 0 Å². The molecule has 1 atom stereocenters. The lowest BCUT2D eigenvalue weighted by molar-refractivity contribution is 0.342. The van der Waals surface area contributed by atoms with E-state index >= 15 is 0 Å². The van der Waals surface area contributed by atoms with Crippen LogP contribution in [0.5, 0.6) is 0 Å². The largest absolute Gasteiger partial charge is 0.349 e. The van der Waals surface area contributed by atoms with Gasteiger partial charge in [-0.1, -0.05) is 49.4 Å². The predicted octanol–water partition coefficient (Wildman–Crippen LogP) is 4.93. The predicted molar refractivity (Wildman–Crippen MR) is 85.7 cm³/mol. The summed E-state index contributed by atoms with van der Waals surface area (Å²) in [4.78, 5) is 5.25. The zero-order valence-electron chi connectivity index (χ0n) is 12.9. The van der Waals surface area contributed by atoms with Crippen molar-refractivity contribution >= 4 is 20.6 Å². The zero-order chi connectivity index (χ0) is 15.0. The Morgan fingerprint density at radius 1 is 1.11 bits per heavy atom. The summed E-state index contributed by atoms with van der Waals surface area (Å²) in [5.41, 5.74) is 1.83. The Labute approximate surface area is 118 Å². The van der Waals surface area contributed by atoms with Gasteiger partial charge in [-0.25, -0.2) is 4.39 Å². The molecule has 0 bridgehead atoms. The molecule has 1 aliphatic rings. The van der Waals surface area contributed by atoms with Gasteiger partial charge in [-0.05, 0) is 37.8 Å². The standard InChI is InChI=1S/C11H12FNOS.2C2H6/c1-7-4-5-9(12)6-10(7)11-14-13-8(2)15(11)3;2*1-2/h4-6H,1-3H3;2*1-2H3/t15-;;/m1../s1. The van der Waals surface area contributed by atoms with Crippen LogP contribution in [-0.2, 0) is 4.84 Å². The van der Waals surface area contributed by atoms with E-state index in [2.05, 4.69) is 5.16 Å². The number of rotatable bonds is 1. The molecule has 0 aromatic heterocycles. The fraction of sp³-hybridized carbons (Fsp3) is 0.467.